The van der Waals surface area contributed by atoms with Crippen LogP contribution >= 0.6 is 0 Å². The summed E-state index contributed by atoms with van der Waals surface area (Å²) < 4.78 is 55.7. The predicted octanol–water partition coefficient (Wildman–Crippen LogP) is 2.57. The van der Waals surface area contributed by atoms with Crippen LogP contribution < -0.4 is 9.44 Å². The number of para-hydroxylation sites is 1. The Morgan fingerprint density at radius 3 is 2.31 bits per heavy atom. The molecule has 0 bridgehead atoms. The number of carbonyl (C=O) groups excluding carboxylic acids is 1. The van der Waals surface area contributed by atoms with Crippen molar-refractivity contribution in [1.29, 1.82) is 0 Å². The zero-order chi connectivity index (χ0) is 19.5. The van der Waals surface area contributed by atoms with Crippen LogP contribution in [0.3, 0.4) is 0 Å². The molecule has 0 aliphatic rings. The van der Waals surface area contributed by atoms with Gasteiger partial charge in [-0.1, -0.05) is 32.0 Å². The Morgan fingerprint density at radius 1 is 1.23 bits per heavy atom. The van der Waals surface area contributed by atoms with Crippen molar-refractivity contribution in [2.45, 2.75) is 33.1 Å². The number of carbonyl (C=O) groups is 1. The van der Waals surface area contributed by atoms with E-state index in [-0.39, 0.29) is 0 Å². The maximum atomic E-state index is 13.0. The number of amides is 1. The number of aryl methyl sites for hydroxylation is 3. The molecular formula is C16H20F2N4O3S. The van der Waals surface area contributed by atoms with Crippen molar-refractivity contribution in [2.75, 3.05) is 4.72 Å². The molecule has 0 saturated carbocycles. The molecule has 7 nitrogen and oxygen atoms in total. The lowest BCUT2D eigenvalue weighted by Gasteiger charge is -2.16. The van der Waals surface area contributed by atoms with E-state index < -0.39 is 33.8 Å². The van der Waals surface area contributed by atoms with Gasteiger partial charge in [0, 0.05) is 13.2 Å². The van der Waals surface area contributed by atoms with Gasteiger partial charge in [-0.2, -0.15) is 13.5 Å². The van der Waals surface area contributed by atoms with Gasteiger partial charge in [0.2, 0.25) is 0 Å². The molecule has 0 radical (unpaired) electrons. The molecule has 26 heavy (non-hydrogen) atoms. The van der Waals surface area contributed by atoms with Crippen LogP contribution in [0.15, 0.2) is 24.4 Å². The van der Waals surface area contributed by atoms with E-state index >= 15 is 0 Å². The van der Waals surface area contributed by atoms with Gasteiger partial charge in [0.25, 0.3) is 12.3 Å². The van der Waals surface area contributed by atoms with Crippen molar-refractivity contribution in [1.82, 2.24) is 14.5 Å². The first-order chi connectivity index (χ1) is 12.2. The van der Waals surface area contributed by atoms with Gasteiger partial charge in [0.05, 0.1) is 11.3 Å². The normalized spacial score (nSPS) is 11.6. The lowest BCUT2D eigenvalue weighted by molar-refractivity contribution is 0.0966. The number of aromatic nitrogens is 2. The third-order valence-electron chi connectivity index (χ3n) is 3.77. The topological polar surface area (TPSA) is 93.1 Å². The summed E-state index contributed by atoms with van der Waals surface area (Å²) in [7, 11) is -2.95. The van der Waals surface area contributed by atoms with Crippen LogP contribution in [-0.4, -0.2) is 24.1 Å². The van der Waals surface area contributed by atoms with Crippen molar-refractivity contribution in [3.05, 3.63) is 46.8 Å². The number of rotatable bonds is 7. The number of nitrogens with zero attached hydrogens (tertiary/aromatic N) is 2. The van der Waals surface area contributed by atoms with Crippen LogP contribution in [0.4, 0.5) is 14.5 Å². The number of benzene rings is 1. The van der Waals surface area contributed by atoms with Gasteiger partial charge >= 0.3 is 10.2 Å². The first kappa shape index (κ1) is 19.8. The summed E-state index contributed by atoms with van der Waals surface area (Å²) in [6, 6.07) is 5.36. The van der Waals surface area contributed by atoms with E-state index in [2.05, 4.69) is 9.82 Å². The van der Waals surface area contributed by atoms with Crippen molar-refractivity contribution < 1.29 is 22.0 Å². The van der Waals surface area contributed by atoms with Crippen LogP contribution in [0.2, 0.25) is 0 Å². The third-order valence-corrected chi connectivity index (χ3v) is 4.70. The Balaban J connectivity index is 2.29. The fraction of sp³-hybridized carbons (Fsp3) is 0.375. The van der Waals surface area contributed by atoms with E-state index in [4.69, 9.17) is 0 Å². The smallest absolute Gasteiger partial charge is 0.275 e. The van der Waals surface area contributed by atoms with Crippen LogP contribution in [0.25, 0.3) is 0 Å². The van der Waals surface area contributed by atoms with Crippen molar-refractivity contribution >= 4 is 21.8 Å². The fourth-order valence-corrected chi connectivity index (χ4v) is 3.49. The fourth-order valence-electron chi connectivity index (χ4n) is 2.55. The Hall–Kier alpha value is -2.49. The van der Waals surface area contributed by atoms with Gasteiger partial charge in [-0.05, 0) is 24.0 Å². The highest BCUT2D eigenvalue weighted by Gasteiger charge is 2.26. The number of alkyl halides is 2. The molecule has 1 amide bonds. The second kappa shape index (κ2) is 7.81. The highest BCUT2D eigenvalue weighted by Crippen LogP contribution is 2.24. The lowest BCUT2D eigenvalue weighted by atomic mass is 10.0. The maximum Gasteiger partial charge on any atom is 0.323 e. The second-order valence-electron chi connectivity index (χ2n) is 5.60. The van der Waals surface area contributed by atoms with Crippen molar-refractivity contribution in [3.8, 4) is 0 Å². The molecule has 0 atom stereocenters. The summed E-state index contributed by atoms with van der Waals surface area (Å²) >= 11 is 0. The van der Waals surface area contributed by atoms with Gasteiger partial charge < -0.3 is 0 Å². The number of hydrogen-bond acceptors (Lipinski definition) is 4. The molecule has 1 aromatic carbocycles. The number of anilines is 1. The van der Waals surface area contributed by atoms with Gasteiger partial charge in [-0.25, -0.2) is 13.5 Å². The molecule has 0 spiro atoms. The Morgan fingerprint density at radius 2 is 1.81 bits per heavy atom. The van der Waals surface area contributed by atoms with E-state index in [1.165, 1.54) is 7.05 Å². The molecule has 10 heteroatoms. The minimum Gasteiger partial charge on any atom is -0.275 e. The first-order valence-corrected chi connectivity index (χ1v) is 9.44. The summed E-state index contributed by atoms with van der Waals surface area (Å²) in [6.45, 7) is 3.74. The number of halogens is 2. The molecule has 142 valence electrons. The number of hydrogen-bond donors (Lipinski definition) is 2. The van der Waals surface area contributed by atoms with Gasteiger partial charge in [-0.15, -0.1) is 0 Å². The average Bonchev–Trinajstić information content (AvgIpc) is 2.96. The Bertz CT molecular complexity index is 888. The SMILES string of the molecule is CCc1cccc(CC)c1NS(=O)(=O)NC(=O)c1cn(C)nc1C(F)F. The largest absolute Gasteiger partial charge is 0.323 e. The van der Waals surface area contributed by atoms with Gasteiger partial charge in [0.15, 0.2) is 0 Å². The molecule has 2 aromatic rings. The molecule has 0 aliphatic carbocycles. The molecule has 0 saturated heterocycles. The number of nitrogens with one attached hydrogen (secondary N) is 2. The minimum absolute atomic E-state index is 0.387. The lowest BCUT2D eigenvalue weighted by Crippen LogP contribution is -2.36. The van der Waals surface area contributed by atoms with Crippen molar-refractivity contribution in [2.24, 2.45) is 7.05 Å². The first-order valence-electron chi connectivity index (χ1n) is 7.95. The Labute approximate surface area is 150 Å². The highest BCUT2D eigenvalue weighted by atomic mass is 32.2. The van der Waals surface area contributed by atoms with Crippen LogP contribution in [0.5, 0.6) is 0 Å². The van der Waals surface area contributed by atoms with E-state index in [0.717, 1.165) is 22.0 Å². The monoisotopic (exact) mass is 386 g/mol. The molecule has 2 rings (SSSR count). The van der Waals surface area contributed by atoms with E-state index in [0.29, 0.717) is 18.5 Å². The molecule has 2 N–H and O–H groups in total. The van der Waals surface area contributed by atoms with Crippen molar-refractivity contribution in [3.63, 3.8) is 0 Å². The summed E-state index contributed by atoms with van der Waals surface area (Å²) in [6.07, 6.45) is -0.792. The molecular weight excluding hydrogens is 366 g/mol. The van der Waals surface area contributed by atoms with E-state index in [1.54, 1.807) is 16.9 Å². The zero-order valence-electron chi connectivity index (χ0n) is 14.6. The molecule has 1 aromatic heterocycles. The zero-order valence-corrected chi connectivity index (χ0v) is 15.4. The van der Waals surface area contributed by atoms with Gasteiger partial charge in [-0.3, -0.25) is 14.2 Å². The minimum atomic E-state index is -4.31. The Kier molecular flexibility index (Phi) is 5.96. The molecule has 0 aliphatic heterocycles. The van der Waals surface area contributed by atoms with Crippen LogP contribution in [-0.2, 0) is 30.1 Å². The standard InChI is InChI=1S/C16H20F2N4O3S/c1-4-10-7-6-8-11(5-2)13(10)20-26(24,25)21-16(23)12-9-22(3)19-14(12)15(17)18/h6-9,15,20H,4-5H2,1-3H3,(H,21,23). The molecule has 0 fully saturated rings. The van der Waals surface area contributed by atoms with E-state index in [1.807, 2.05) is 19.9 Å². The van der Waals surface area contributed by atoms with Gasteiger partial charge in [0.1, 0.15) is 5.69 Å². The quantitative estimate of drug-likeness (QED) is 0.765. The van der Waals surface area contributed by atoms with Crippen LogP contribution in [0, 0.1) is 0 Å². The summed E-state index contributed by atoms with van der Waals surface area (Å²) in [4.78, 5) is 12.2. The highest BCUT2D eigenvalue weighted by molar-refractivity contribution is 7.91. The van der Waals surface area contributed by atoms with Crippen LogP contribution in [0.1, 0.15) is 47.5 Å². The third kappa shape index (κ3) is 4.37. The summed E-state index contributed by atoms with van der Waals surface area (Å²) in [5, 5.41) is 3.49. The molecule has 0 unspecified atom stereocenters. The van der Waals surface area contributed by atoms with E-state index in [9.17, 15) is 22.0 Å². The maximum absolute atomic E-state index is 13.0. The average molecular weight is 386 g/mol. The summed E-state index contributed by atoms with van der Waals surface area (Å²) in [5.41, 5.74) is 0.641. The predicted molar refractivity (Wildman–Crippen MR) is 93.4 cm³/mol. The second-order valence-corrected chi connectivity index (χ2v) is 7.01. The summed E-state index contributed by atoms with van der Waals surface area (Å²) in [5.74, 6) is -1.17. The molecule has 1 heterocycles.